The maximum absolute atomic E-state index is 14.4. The summed E-state index contributed by atoms with van der Waals surface area (Å²) in [5.74, 6) is -1.25. The number of rotatable bonds is 3. The Balaban J connectivity index is 1.81. The first-order valence-electron chi connectivity index (χ1n) is 8.42. The van der Waals surface area contributed by atoms with Crippen LogP contribution in [0.3, 0.4) is 0 Å². The van der Waals surface area contributed by atoms with Crippen LogP contribution in [0.5, 0.6) is 0 Å². The number of aromatic nitrogens is 1. The highest BCUT2D eigenvalue weighted by Crippen LogP contribution is 2.43. The van der Waals surface area contributed by atoms with E-state index in [2.05, 4.69) is 10.3 Å². The average Bonchev–Trinajstić information content (AvgIpc) is 3.00. The Hall–Kier alpha value is -3.28. The molecule has 1 fully saturated rings. The van der Waals surface area contributed by atoms with Crippen LogP contribution in [0.25, 0.3) is 11.1 Å². The zero-order valence-corrected chi connectivity index (χ0v) is 14.4. The highest BCUT2D eigenvalue weighted by Gasteiger charge is 2.48. The zero-order chi connectivity index (χ0) is 19.0. The van der Waals surface area contributed by atoms with Gasteiger partial charge in [0.15, 0.2) is 6.10 Å². The highest BCUT2D eigenvalue weighted by atomic mass is 19.1. The van der Waals surface area contributed by atoms with Gasteiger partial charge in [0, 0.05) is 29.1 Å². The molecule has 0 bridgehead atoms. The van der Waals surface area contributed by atoms with Gasteiger partial charge in [0.2, 0.25) is 0 Å². The van der Waals surface area contributed by atoms with Gasteiger partial charge >= 0.3 is 6.09 Å². The number of alkyl carbamates (subject to hydrolysis) is 1. The molecule has 1 N–H and O–H groups in total. The van der Waals surface area contributed by atoms with Crippen molar-refractivity contribution in [3.8, 4) is 11.1 Å². The van der Waals surface area contributed by atoms with Gasteiger partial charge in [0.1, 0.15) is 17.2 Å². The van der Waals surface area contributed by atoms with Crippen molar-refractivity contribution >= 4 is 6.09 Å². The number of amides is 1. The fourth-order valence-electron chi connectivity index (χ4n) is 3.36. The predicted octanol–water partition coefficient (Wildman–Crippen LogP) is 4.72. The number of pyridine rings is 1. The molecule has 27 heavy (non-hydrogen) atoms. The van der Waals surface area contributed by atoms with Crippen LogP contribution in [0.15, 0.2) is 67.0 Å². The number of hydrogen-bond acceptors (Lipinski definition) is 3. The summed E-state index contributed by atoms with van der Waals surface area (Å²) in [6.45, 7) is 1.71. The molecule has 0 aliphatic carbocycles. The molecule has 1 aliphatic heterocycles. The zero-order valence-electron chi connectivity index (χ0n) is 14.4. The van der Waals surface area contributed by atoms with Crippen LogP contribution in [0.1, 0.15) is 24.2 Å². The van der Waals surface area contributed by atoms with E-state index < -0.39 is 29.4 Å². The van der Waals surface area contributed by atoms with E-state index in [1.54, 1.807) is 19.3 Å². The molecule has 4 nitrogen and oxygen atoms in total. The Bertz CT molecular complexity index is 1010. The fourth-order valence-corrected chi connectivity index (χ4v) is 3.36. The molecule has 1 amide bonds. The third kappa shape index (κ3) is 3.03. The number of ether oxygens (including phenoxy) is 1. The Morgan fingerprint density at radius 3 is 2.59 bits per heavy atom. The van der Waals surface area contributed by atoms with Crippen LogP contribution in [0, 0.1) is 11.6 Å². The number of carbonyl (C=O) groups excluding carboxylic acids is 1. The van der Waals surface area contributed by atoms with Gasteiger partial charge in [-0.1, -0.05) is 30.3 Å². The van der Waals surface area contributed by atoms with Crippen molar-refractivity contribution in [2.75, 3.05) is 0 Å². The van der Waals surface area contributed by atoms with E-state index in [1.165, 1.54) is 0 Å². The van der Waals surface area contributed by atoms with Crippen LogP contribution >= 0.6 is 0 Å². The lowest BCUT2D eigenvalue weighted by Gasteiger charge is -2.29. The number of nitrogens with one attached hydrogen (secondary N) is 1. The number of carbonyl (C=O) groups is 1. The summed E-state index contributed by atoms with van der Waals surface area (Å²) in [7, 11) is 0. The molecule has 4 rings (SSSR count). The third-order valence-corrected chi connectivity index (χ3v) is 4.80. The number of benzene rings is 2. The van der Waals surface area contributed by atoms with Crippen molar-refractivity contribution in [2.45, 2.75) is 18.6 Å². The minimum absolute atomic E-state index is 0.0269. The molecule has 1 aliphatic rings. The molecule has 1 aromatic heterocycles. The normalized spacial score (nSPS) is 21.6. The predicted molar refractivity (Wildman–Crippen MR) is 95.7 cm³/mol. The Labute approximate surface area is 154 Å². The summed E-state index contributed by atoms with van der Waals surface area (Å²) in [5, 5.41) is 2.73. The van der Waals surface area contributed by atoms with E-state index in [1.807, 2.05) is 36.4 Å². The highest BCUT2D eigenvalue weighted by molar-refractivity contribution is 5.73. The van der Waals surface area contributed by atoms with Crippen LogP contribution in [0.4, 0.5) is 13.6 Å². The van der Waals surface area contributed by atoms with E-state index in [4.69, 9.17) is 4.74 Å². The van der Waals surface area contributed by atoms with Gasteiger partial charge in [-0.15, -0.1) is 0 Å². The largest absolute Gasteiger partial charge is 0.438 e. The Morgan fingerprint density at radius 1 is 1.04 bits per heavy atom. The quantitative estimate of drug-likeness (QED) is 0.730. The fraction of sp³-hybridized carbons (Fsp3) is 0.143. The maximum Gasteiger partial charge on any atom is 0.408 e. The molecule has 1 saturated heterocycles. The van der Waals surface area contributed by atoms with Crippen LogP contribution in [-0.4, -0.2) is 11.1 Å². The molecule has 0 saturated carbocycles. The van der Waals surface area contributed by atoms with Crippen LogP contribution < -0.4 is 5.32 Å². The minimum Gasteiger partial charge on any atom is -0.438 e. The summed E-state index contributed by atoms with van der Waals surface area (Å²) in [6, 6.07) is 14.6. The molecule has 2 heterocycles. The van der Waals surface area contributed by atoms with E-state index in [-0.39, 0.29) is 5.56 Å². The van der Waals surface area contributed by atoms with Gasteiger partial charge in [-0.25, -0.2) is 13.6 Å². The van der Waals surface area contributed by atoms with Crippen molar-refractivity contribution in [2.24, 2.45) is 0 Å². The van der Waals surface area contributed by atoms with E-state index in [9.17, 15) is 13.6 Å². The molecule has 0 radical (unpaired) electrons. The molecule has 136 valence electrons. The van der Waals surface area contributed by atoms with Gasteiger partial charge < -0.3 is 10.1 Å². The summed E-state index contributed by atoms with van der Waals surface area (Å²) in [4.78, 5) is 16.3. The molecule has 2 atom stereocenters. The number of halogens is 2. The SMILES string of the molecule is C[C@]1(c2cncc(-c3ccccc3)c2)NC(=O)OC1c1cc(F)ccc1F. The van der Waals surface area contributed by atoms with Crippen molar-refractivity contribution in [3.63, 3.8) is 0 Å². The lowest BCUT2D eigenvalue weighted by atomic mass is 9.83. The Kier molecular flexibility index (Phi) is 4.11. The summed E-state index contributed by atoms with van der Waals surface area (Å²) in [6.07, 6.45) is 1.56. The summed E-state index contributed by atoms with van der Waals surface area (Å²) >= 11 is 0. The van der Waals surface area contributed by atoms with Crippen molar-refractivity contribution in [1.29, 1.82) is 0 Å². The van der Waals surface area contributed by atoms with Gasteiger partial charge in [-0.3, -0.25) is 4.98 Å². The third-order valence-electron chi connectivity index (χ3n) is 4.80. The second-order valence-corrected chi connectivity index (χ2v) is 6.61. The summed E-state index contributed by atoms with van der Waals surface area (Å²) < 4.78 is 33.4. The maximum atomic E-state index is 14.4. The molecule has 3 aromatic rings. The minimum atomic E-state index is -1.11. The van der Waals surface area contributed by atoms with E-state index in [0.29, 0.717) is 5.56 Å². The first kappa shape index (κ1) is 17.1. The monoisotopic (exact) mass is 366 g/mol. The van der Waals surface area contributed by atoms with E-state index >= 15 is 0 Å². The lowest BCUT2D eigenvalue weighted by Crippen LogP contribution is -2.39. The standard InChI is InChI=1S/C21H16F2N2O2/c1-21(15-9-14(11-24-12-15)13-5-3-2-4-6-13)19(27-20(26)25-21)17-10-16(22)7-8-18(17)23/h2-12,19H,1H3,(H,25,26)/t19?,21-/m1/s1. The van der Waals surface area contributed by atoms with Crippen molar-refractivity contribution in [3.05, 3.63) is 89.8 Å². The smallest absolute Gasteiger partial charge is 0.408 e. The van der Waals surface area contributed by atoms with Gasteiger partial charge in [0.05, 0.1) is 0 Å². The van der Waals surface area contributed by atoms with Crippen LogP contribution in [-0.2, 0) is 10.3 Å². The Morgan fingerprint density at radius 2 is 1.81 bits per heavy atom. The summed E-state index contributed by atoms with van der Waals surface area (Å²) in [5.41, 5.74) is 1.29. The average molecular weight is 366 g/mol. The second-order valence-electron chi connectivity index (χ2n) is 6.61. The van der Waals surface area contributed by atoms with Crippen LogP contribution in [0.2, 0.25) is 0 Å². The molecular formula is C21H16F2N2O2. The molecule has 2 aromatic carbocycles. The topological polar surface area (TPSA) is 51.2 Å². The number of hydrogen-bond donors (Lipinski definition) is 1. The number of cyclic esters (lactones) is 1. The number of nitrogens with zero attached hydrogens (tertiary/aromatic N) is 1. The first-order valence-corrected chi connectivity index (χ1v) is 8.42. The van der Waals surface area contributed by atoms with Crippen molar-refractivity contribution < 1.29 is 18.3 Å². The van der Waals surface area contributed by atoms with Gasteiger partial charge in [-0.05, 0) is 36.8 Å². The molecular weight excluding hydrogens is 350 g/mol. The van der Waals surface area contributed by atoms with Gasteiger partial charge in [-0.2, -0.15) is 0 Å². The molecule has 0 spiro atoms. The van der Waals surface area contributed by atoms with Crippen molar-refractivity contribution in [1.82, 2.24) is 10.3 Å². The van der Waals surface area contributed by atoms with Gasteiger partial charge in [0.25, 0.3) is 0 Å². The lowest BCUT2D eigenvalue weighted by molar-refractivity contribution is 0.109. The first-order chi connectivity index (χ1) is 13.0. The molecule has 6 heteroatoms. The second kappa shape index (κ2) is 6.46. The van der Waals surface area contributed by atoms with E-state index in [0.717, 1.165) is 29.3 Å². The molecule has 1 unspecified atom stereocenters.